The van der Waals surface area contributed by atoms with Crippen LogP contribution in [0.1, 0.15) is 51.9 Å². The van der Waals surface area contributed by atoms with Crippen LogP contribution in [0.4, 0.5) is 8.78 Å². The van der Waals surface area contributed by atoms with Gasteiger partial charge in [0.1, 0.15) is 4.75 Å². The first kappa shape index (κ1) is 17.7. The molecular formula is C18H27F2N3OS. The van der Waals surface area contributed by atoms with E-state index >= 15 is 0 Å². The molecule has 0 aromatic heterocycles. The third-order valence-electron chi connectivity index (χ3n) is 6.52. The average Bonchev–Trinajstić information content (AvgIpc) is 3.22. The first-order valence-corrected chi connectivity index (χ1v) is 10.3. The summed E-state index contributed by atoms with van der Waals surface area (Å²) in [6.45, 7) is 3.46. The number of carbonyl (C=O) groups is 1. The molecule has 2 aliphatic carbocycles. The molecule has 0 aromatic carbocycles. The predicted octanol–water partition coefficient (Wildman–Crippen LogP) is 3.27. The molecule has 7 heteroatoms. The number of hydrogen-bond donors (Lipinski definition) is 1. The number of nitrogens with zero attached hydrogens (tertiary/aromatic N) is 2. The van der Waals surface area contributed by atoms with Crippen molar-refractivity contribution in [2.45, 2.75) is 68.6 Å². The molecule has 0 aromatic rings. The molecule has 4 nitrogen and oxygen atoms in total. The largest absolute Gasteiger partial charge is 0.361 e. The number of thioether (sulfide) groups is 1. The standard InChI is InChI=1S/C18H27F2N3OS/c1-17(4-7-23-8-5-18(19,20)6-9-23)15(24)22-16(25-17)21-14-11-12-2-3-13(14)10-12/h12-14H,2-11H2,1H3,(H,21,22,24)/t12?,13-,14?,17?/m0/s1. The van der Waals surface area contributed by atoms with Crippen LogP contribution in [-0.4, -0.2) is 52.3 Å². The van der Waals surface area contributed by atoms with Crippen molar-refractivity contribution in [2.24, 2.45) is 16.8 Å². The lowest BCUT2D eigenvalue weighted by molar-refractivity contribution is -0.119. The highest BCUT2D eigenvalue weighted by Crippen LogP contribution is 2.45. The number of amidine groups is 1. The van der Waals surface area contributed by atoms with Gasteiger partial charge in [0.05, 0.1) is 0 Å². The molecule has 0 spiro atoms. The first-order valence-electron chi connectivity index (χ1n) is 9.52. The van der Waals surface area contributed by atoms with Gasteiger partial charge in [0.15, 0.2) is 5.17 Å². The van der Waals surface area contributed by atoms with E-state index < -0.39 is 10.7 Å². The van der Waals surface area contributed by atoms with Crippen molar-refractivity contribution in [1.82, 2.24) is 10.2 Å². The van der Waals surface area contributed by atoms with Crippen molar-refractivity contribution in [2.75, 3.05) is 19.6 Å². The van der Waals surface area contributed by atoms with Crippen LogP contribution in [0.2, 0.25) is 0 Å². The topological polar surface area (TPSA) is 44.7 Å². The SMILES string of the molecule is CC1(CCN2CCC(F)(F)CC2)SC(NC2CC3CC[C@H]2C3)=NC1=O. The second-order valence-corrected chi connectivity index (χ2v) is 9.92. The van der Waals surface area contributed by atoms with Gasteiger partial charge >= 0.3 is 0 Å². The van der Waals surface area contributed by atoms with Gasteiger partial charge in [0.2, 0.25) is 0 Å². The average molecular weight is 371 g/mol. The summed E-state index contributed by atoms with van der Waals surface area (Å²) < 4.78 is 26.0. The van der Waals surface area contributed by atoms with E-state index in [1.165, 1.54) is 37.4 Å². The predicted molar refractivity (Wildman–Crippen MR) is 96.0 cm³/mol. The van der Waals surface area contributed by atoms with Gasteiger partial charge in [-0.2, -0.15) is 4.99 Å². The van der Waals surface area contributed by atoms with E-state index in [1.54, 1.807) is 0 Å². The van der Waals surface area contributed by atoms with Crippen molar-refractivity contribution < 1.29 is 13.6 Å². The van der Waals surface area contributed by atoms with E-state index in [1.807, 2.05) is 6.92 Å². The second-order valence-electron chi connectivity index (χ2n) is 8.43. The summed E-state index contributed by atoms with van der Waals surface area (Å²) in [5.41, 5.74) is 0. The van der Waals surface area contributed by atoms with Crippen LogP contribution in [0.25, 0.3) is 0 Å². The highest BCUT2D eigenvalue weighted by atomic mass is 32.2. The third kappa shape index (κ3) is 3.72. The summed E-state index contributed by atoms with van der Waals surface area (Å²) in [5, 5.41) is 4.30. The number of rotatable bonds is 4. The van der Waals surface area contributed by atoms with E-state index in [-0.39, 0.29) is 18.7 Å². The molecule has 0 radical (unpaired) electrons. The first-order chi connectivity index (χ1) is 11.8. The lowest BCUT2D eigenvalue weighted by Gasteiger charge is -2.33. The minimum absolute atomic E-state index is 0.0711. The maximum Gasteiger partial charge on any atom is 0.264 e. The molecule has 2 saturated carbocycles. The van der Waals surface area contributed by atoms with Gasteiger partial charge in [-0.05, 0) is 51.0 Å². The molecule has 4 atom stereocenters. The van der Waals surface area contributed by atoms with Gasteiger partial charge in [0, 0.05) is 32.0 Å². The number of aliphatic imine (C=N–C) groups is 1. The Morgan fingerprint density at radius 1 is 1.28 bits per heavy atom. The number of halogens is 2. The van der Waals surface area contributed by atoms with Crippen molar-refractivity contribution in [3.8, 4) is 0 Å². The Balaban J connectivity index is 1.27. The Morgan fingerprint density at radius 3 is 2.68 bits per heavy atom. The van der Waals surface area contributed by atoms with Crippen molar-refractivity contribution >= 4 is 22.8 Å². The van der Waals surface area contributed by atoms with Gasteiger partial charge < -0.3 is 10.2 Å². The maximum atomic E-state index is 13.3. The van der Waals surface area contributed by atoms with Crippen LogP contribution >= 0.6 is 11.8 Å². The smallest absolute Gasteiger partial charge is 0.264 e. The number of carbonyl (C=O) groups excluding carboxylic acids is 1. The Kier molecular flexibility index (Phi) is 4.59. The zero-order valence-corrected chi connectivity index (χ0v) is 15.6. The lowest BCUT2D eigenvalue weighted by atomic mass is 9.96. The third-order valence-corrected chi connectivity index (χ3v) is 7.75. The van der Waals surface area contributed by atoms with Crippen LogP contribution in [0, 0.1) is 11.8 Å². The minimum atomic E-state index is -2.51. The van der Waals surface area contributed by atoms with E-state index in [0.29, 0.717) is 32.1 Å². The fourth-order valence-electron chi connectivity index (χ4n) is 4.77. The van der Waals surface area contributed by atoms with E-state index in [0.717, 1.165) is 17.0 Å². The Bertz CT molecular complexity index is 575. The van der Waals surface area contributed by atoms with E-state index in [4.69, 9.17) is 0 Å². The van der Waals surface area contributed by atoms with Crippen molar-refractivity contribution in [3.05, 3.63) is 0 Å². The summed E-state index contributed by atoms with van der Waals surface area (Å²) in [6.07, 6.45) is 5.70. The summed E-state index contributed by atoms with van der Waals surface area (Å²) >= 11 is 1.54. The molecule has 3 fully saturated rings. The molecule has 2 heterocycles. The van der Waals surface area contributed by atoms with Crippen LogP contribution in [0.15, 0.2) is 4.99 Å². The summed E-state index contributed by atoms with van der Waals surface area (Å²) in [5.74, 6) is -0.997. The molecule has 4 rings (SSSR count). The van der Waals surface area contributed by atoms with Crippen LogP contribution in [0.5, 0.6) is 0 Å². The fourth-order valence-corrected chi connectivity index (χ4v) is 5.86. The molecule has 140 valence electrons. The van der Waals surface area contributed by atoms with Gasteiger partial charge in [0.25, 0.3) is 11.8 Å². The highest BCUT2D eigenvalue weighted by molar-refractivity contribution is 8.16. The number of piperidine rings is 1. The van der Waals surface area contributed by atoms with Crippen LogP contribution < -0.4 is 5.32 Å². The summed E-state index contributed by atoms with van der Waals surface area (Å²) in [4.78, 5) is 18.7. The number of hydrogen-bond acceptors (Lipinski definition) is 4. The van der Waals surface area contributed by atoms with E-state index in [9.17, 15) is 13.6 Å². The Hall–Kier alpha value is -0.690. The zero-order chi connectivity index (χ0) is 17.7. The van der Waals surface area contributed by atoms with Crippen molar-refractivity contribution in [3.63, 3.8) is 0 Å². The summed E-state index contributed by atoms with van der Waals surface area (Å²) in [7, 11) is 0. The highest BCUT2D eigenvalue weighted by Gasteiger charge is 2.45. The Morgan fingerprint density at radius 2 is 2.04 bits per heavy atom. The molecule has 2 bridgehead atoms. The number of nitrogens with one attached hydrogen (secondary N) is 1. The Labute approximate surface area is 152 Å². The molecule has 3 unspecified atom stereocenters. The molecule has 25 heavy (non-hydrogen) atoms. The minimum Gasteiger partial charge on any atom is -0.361 e. The zero-order valence-electron chi connectivity index (χ0n) is 14.8. The number of amides is 1. The maximum absolute atomic E-state index is 13.3. The lowest BCUT2D eigenvalue weighted by Crippen LogP contribution is -2.42. The number of likely N-dealkylation sites (tertiary alicyclic amines) is 1. The van der Waals surface area contributed by atoms with Gasteiger partial charge in [-0.15, -0.1) is 0 Å². The van der Waals surface area contributed by atoms with Crippen LogP contribution in [-0.2, 0) is 4.79 Å². The van der Waals surface area contributed by atoms with Gasteiger partial charge in [-0.25, -0.2) is 8.78 Å². The van der Waals surface area contributed by atoms with Gasteiger partial charge in [-0.3, -0.25) is 4.79 Å². The number of fused-ring (bicyclic) bond motifs is 2. The quantitative estimate of drug-likeness (QED) is 0.824. The van der Waals surface area contributed by atoms with E-state index in [2.05, 4.69) is 15.2 Å². The second kappa shape index (κ2) is 6.48. The van der Waals surface area contributed by atoms with Crippen molar-refractivity contribution in [1.29, 1.82) is 0 Å². The normalized spacial score (nSPS) is 40.5. The monoisotopic (exact) mass is 371 g/mol. The van der Waals surface area contributed by atoms with Crippen LogP contribution in [0.3, 0.4) is 0 Å². The number of alkyl halides is 2. The molecule has 1 amide bonds. The molecular weight excluding hydrogens is 344 g/mol. The molecule has 1 N–H and O–H groups in total. The fraction of sp³-hybridized carbons (Fsp3) is 0.889. The molecule has 2 aliphatic heterocycles. The summed E-state index contributed by atoms with van der Waals surface area (Å²) in [6, 6.07) is 0.476. The molecule has 1 saturated heterocycles. The van der Waals surface area contributed by atoms with Gasteiger partial charge in [-0.1, -0.05) is 18.2 Å². The molecule has 4 aliphatic rings.